The Morgan fingerprint density at radius 1 is 0.643 bits per heavy atom. The van der Waals surface area contributed by atoms with Gasteiger partial charge in [-0.25, -0.2) is 0 Å². The summed E-state index contributed by atoms with van der Waals surface area (Å²) in [6, 6.07) is 34.5. The molecular weight excluding hydrogens is 340 g/mol. The molecular formula is C26H18N2. The Hall–Kier alpha value is -3.78. The van der Waals surface area contributed by atoms with E-state index in [4.69, 9.17) is 0 Å². The van der Waals surface area contributed by atoms with Crippen LogP contribution in [0.5, 0.6) is 0 Å². The average Bonchev–Trinajstić information content (AvgIpc) is 3.36. The van der Waals surface area contributed by atoms with E-state index in [1.54, 1.807) is 0 Å². The molecule has 6 rings (SSSR count). The lowest BCUT2D eigenvalue weighted by Gasteiger charge is -2.13. The van der Waals surface area contributed by atoms with Crippen molar-refractivity contribution < 1.29 is 0 Å². The summed E-state index contributed by atoms with van der Waals surface area (Å²) in [5.41, 5.74) is 7.30. The Labute approximate surface area is 162 Å². The summed E-state index contributed by atoms with van der Waals surface area (Å²) >= 11 is 0. The van der Waals surface area contributed by atoms with E-state index in [2.05, 4.69) is 107 Å². The summed E-state index contributed by atoms with van der Waals surface area (Å²) < 4.78 is 2.40. The zero-order valence-corrected chi connectivity index (χ0v) is 15.3. The minimum atomic E-state index is 1.18. The maximum Gasteiger partial charge on any atom is 0.0640 e. The van der Waals surface area contributed by atoms with Gasteiger partial charge in [-0.3, -0.25) is 0 Å². The van der Waals surface area contributed by atoms with Gasteiger partial charge in [0.05, 0.1) is 16.6 Å². The summed E-state index contributed by atoms with van der Waals surface area (Å²) in [7, 11) is 0. The van der Waals surface area contributed by atoms with Gasteiger partial charge in [0, 0.05) is 33.6 Å². The lowest BCUT2D eigenvalue weighted by atomic mass is 9.99. The Balaban J connectivity index is 1.92. The van der Waals surface area contributed by atoms with Crippen LogP contribution < -0.4 is 0 Å². The van der Waals surface area contributed by atoms with E-state index in [1.165, 1.54) is 49.5 Å². The molecule has 0 atom stereocenters. The third-order valence-electron chi connectivity index (χ3n) is 5.56. The van der Waals surface area contributed by atoms with E-state index in [-0.39, 0.29) is 0 Å². The van der Waals surface area contributed by atoms with E-state index < -0.39 is 0 Å². The van der Waals surface area contributed by atoms with Crippen LogP contribution in [0.3, 0.4) is 0 Å². The van der Waals surface area contributed by atoms with Crippen molar-refractivity contribution in [2.45, 2.75) is 0 Å². The first-order valence-corrected chi connectivity index (χ1v) is 9.56. The molecule has 0 aliphatic rings. The third-order valence-corrected chi connectivity index (χ3v) is 5.56. The number of aromatic amines is 1. The highest BCUT2D eigenvalue weighted by atomic mass is 15.0. The summed E-state index contributed by atoms with van der Waals surface area (Å²) in [5.74, 6) is 0. The first-order valence-electron chi connectivity index (χ1n) is 9.56. The number of aromatic nitrogens is 2. The summed E-state index contributed by atoms with van der Waals surface area (Å²) in [4.78, 5) is 3.49. The van der Waals surface area contributed by atoms with Gasteiger partial charge in [0.15, 0.2) is 0 Å². The fourth-order valence-corrected chi connectivity index (χ4v) is 4.38. The second-order valence-corrected chi connectivity index (χ2v) is 7.14. The Kier molecular flexibility index (Phi) is 3.20. The molecule has 28 heavy (non-hydrogen) atoms. The normalized spacial score (nSPS) is 11.6. The predicted octanol–water partition coefficient (Wildman–Crippen LogP) is 6.93. The van der Waals surface area contributed by atoms with Crippen LogP contribution >= 0.6 is 0 Å². The number of nitrogens with one attached hydrogen (secondary N) is 1. The molecule has 0 fully saturated rings. The first-order chi connectivity index (χ1) is 13.9. The minimum Gasteiger partial charge on any atom is -0.361 e. The summed E-state index contributed by atoms with van der Waals surface area (Å²) in [6.07, 6.45) is 2.03. The van der Waals surface area contributed by atoms with Gasteiger partial charge >= 0.3 is 0 Å². The Morgan fingerprint density at radius 3 is 2.18 bits per heavy atom. The van der Waals surface area contributed by atoms with Crippen LogP contribution in [0.1, 0.15) is 0 Å². The highest BCUT2D eigenvalue weighted by molar-refractivity contribution is 6.20. The van der Waals surface area contributed by atoms with Gasteiger partial charge in [0.2, 0.25) is 0 Å². The predicted molar refractivity (Wildman–Crippen MR) is 118 cm³/mol. The van der Waals surface area contributed by atoms with E-state index in [1.807, 2.05) is 6.20 Å². The second kappa shape index (κ2) is 5.86. The SMILES string of the molecule is c1ccc(-c2c3[nH]ccc3cc3c4ccccc4n(-c4ccccc4)c23)cc1. The van der Waals surface area contributed by atoms with Crippen LogP contribution in [0.2, 0.25) is 0 Å². The largest absolute Gasteiger partial charge is 0.361 e. The number of para-hydroxylation sites is 2. The molecule has 2 nitrogen and oxygen atoms in total. The van der Waals surface area contributed by atoms with Gasteiger partial charge in [0.1, 0.15) is 0 Å². The van der Waals surface area contributed by atoms with E-state index >= 15 is 0 Å². The van der Waals surface area contributed by atoms with Crippen LogP contribution in [0.25, 0.3) is 49.5 Å². The van der Waals surface area contributed by atoms with Crippen molar-refractivity contribution >= 4 is 32.7 Å². The number of fused-ring (bicyclic) bond motifs is 4. The molecule has 0 unspecified atom stereocenters. The van der Waals surface area contributed by atoms with E-state index in [9.17, 15) is 0 Å². The van der Waals surface area contributed by atoms with Gasteiger partial charge in [-0.2, -0.15) is 0 Å². The van der Waals surface area contributed by atoms with Crippen LogP contribution in [0.4, 0.5) is 0 Å². The summed E-state index contributed by atoms with van der Waals surface area (Å²) in [6.45, 7) is 0. The van der Waals surface area contributed by atoms with Crippen LogP contribution in [-0.4, -0.2) is 9.55 Å². The van der Waals surface area contributed by atoms with Crippen molar-refractivity contribution in [3.8, 4) is 16.8 Å². The number of nitrogens with zero attached hydrogens (tertiary/aromatic N) is 1. The van der Waals surface area contributed by atoms with Gasteiger partial charge in [-0.1, -0.05) is 66.7 Å². The Morgan fingerprint density at radius 2 is 1.36 bits per heavy atom. The van der Waals surface area contributed by atoms with Crippen LogP contribution in [0, 0.1) is 0 Å². The maximum absolute atomic E-state index is 3.49. The van der Waals surface area contributed by atoms with Crippen molar-refractivity contribution in [2.24, 2.45) is 0 Å². The molecule has 0 amide bonds. The number of H-pyrrole nitrogens is 1. The highest BCUT2D eigenvalue weighted by Crippen LogP contribution is 2.41. The molecule has 132 valence electrons. The number of hydrogen-bond donors (Lipinski definition) is 1. The van der Waals surface area contributed by atoms with Gasteiger partial charge < -0.3 is 9.55 Å². The molecule has 6 aromatic rings. The number of benzene rings is 4. The summed E-state index contributed by atoms with van der Waals surface area (Å²) in [5, 5.41) is 3.80. The monoisotopic (exact) mass is 358 g/mol. The average molecular weight is 358 g/mol. The van der Waals surface area contributed by atoms with E-state index in [0.717, 1.165) is 0 Å². The fourth-order valence-electron chi connectivity index (χ4n) is 4.38. The zero-order valence-electron chi connectivity index (χ0n) is 15.3. The van der Waals surface area contributed by atoms with E-state index in [0.29, 0.717) is 0 Å². The molecule has 0 spiro atoms. The van der Waals surface area contributed by atoms with Crippen molar-refractivity contribution in [3.05, 3.63) is 103 Å². The molecule has 0 saturated carbocycles. The standard InChI is InChI=1S/C26H18N2/c1-3-9-18(10-4-1)24-25-19(15-16-27-25)17-22-21-13-7-8-14-23(21)28(26(22)24)20-11-5-2-6-12-20/h1-17,27H. The van der Waals surface area contributed by atoms with Crippen molar-refractivity contribution in [3.63, 3.8) is 0 Å². The quantitative estimate of drug-likeness (QED) is 0.346. The van der Waals surface area contributed by atoms with Gasteiger partial charge in [-0.15, -0.1) is 0 Å². The zero-order chi connectivity index (χ0) is 18.5. The van der Waals surface area contributed by atoms with Crippen LogP contribution in [0.15, 0.2) is 103 Å². The minimum absolute atomic E-state index is 1.18. The molecule has 0 aliphatic heterocycles. The molecule has 0 bridgehead atoms. The highest BCUT2D eigenvalue weighted by Gasteiger charge is 2.19. The van der Waals surface area contributed by atoms with Gasteiger partial charge in [-0.05, 0) is 35.9 Å². The van der Waals surface area contributed by atoms with Gasteiger partial charge in [0.25, 0.3) is 0 Å². The fraction of sp³-hybridized carbons (Fsp3) is 0. The lowest BCUT2D eigenvalue weighted by Crippen LogP contribution is -1.95. The molecule has 4 aromatic carbocycles. The molecule has 1 N–H and O–H groups in total. The molecule has 0 saturated heterocycles. The Bertz CT molecular complexity index is 1440. The molecule has 0 aliphatic carbocycles. The number of rotatable bonds is 2. The first kappa shape index (κ1) is 15.3. The molecule has 0 radical (unpaired) electrons. The lowest BCUT2D eigenvalue weighted by molar-refractivity contribution is 1.18. The smallest absolute Gasteiger partial charge is 0.0640 e. The second-order valence-electron chi connectivity index (χ2n) is 7.14. The molecule has 2 heteroatoms. The van der Waals surface area contributed by atoms with Crippen LogP contribution in [-0.2, 0) is 0 Å². The molecule has 2 aromatic heterocycles. The van der Waals surface area contributed by atoms with Crippen molar-refractivity contribution in [1.82, 2.24) is 9.55 Å². The maximum atomic E-state index is 3.49. The topological polar surface area (TPSA) is 20.7 Å². The third kappa shape index (κ3) is 2.09. The van der Waals surface area contributed by atoms with Crippen molar-refractivity contribution in [2.75, 3.05) is 0 Å². The number of hydrogen-bond acceptors (Lipinski definition) is 0. The molecule has 2 heterocycles. The van der Waals surface area contributed by atoms with Crippen molar-refractivity contribution in [1.29, 1.82) is 0 Å².